The van der Waals surface area contributed by atoms with Gasteiger partial charge in [0.25, 0.3) is 0 Å². The predicted molar refractivity (Wildman–Crippen MR) is 80.8 cm³/mol. The Labute approximate surface area is 131 Å². The third-order valence-corrected chi connectivity index (χ3v) is 3.80. The molecule has 5 nitrogen and oxygen atoms in total. The van der Waals surface area contributed by atoms with Gasteiger partial charge in [-0.25, -0.2) is 0 Å². The van der Waals surface area contributed by atoms with Crippen LogP contribution in [0.15, 0.2) is 28.7 Å². The van der Waals surface area contributed by atoms with Crippen LogP contribution in [-0.2, 0) is 14.3 Å². The first-order valence-corrected chi connectivity index (χ1v) is 7.68. The van der Waals surface area contributed by atoms with Crippen LogP contribution in [0.5, 0.6) is 0 Å². The largest absolute Gasteiger partial charge is 0.481 e. The van der Waals surface area contributed by atoms with Crippen LogP contribution in [0.25, 0.3) is 0 Å². The Balaban J connectivity index is 1.89. The van der Waals surface area contributed by atoms with Crippen LogP contribution >= 0.6 is 15.9 Å². The minimum Gasteiger partial charge on any atom is -0.481 e. The van der Waals surface area contributed by atoms with E-state index < -0.39 is 12.0 Å². The number of ether oxygens (including phenoxy) is 1. The number of aliphatic carboxylic acids is 1. The molecule has 0 aromatic heterocycles. The lowest BCUT2D eigenvalue weighted by Gasteiger charge is -2.17. The second-order valence-electron chi connectivity index (χ2n) is 5.23. The van der Waals surface area contributed by atoms with Gasteiger partial charge in [0, 0.05) is 4.47 Å². The minimum atomic E-state index is -0.956. The molecule has 1 saturated carbocycles. The highest BCUT2D eigenvalue weighted by molar-refractivity contribution is 9.10. The number of halogens is 1. The van der Waals surface area contributed by atoms with Gasteiger partial charge in [-0.15, -0.1) is 0 Å². The van der Waals surface area contributed by atoms with Crippen LogP contribution in [-0.4, -0.2) is 30.2 Å². The maximum atomic E-state index is 11.8. The van der Waals surface area contributed by atoms with Crippen molar-refractivity contribution >= 4 is 27.8 Å². The van der Waals surface area contributed by atoms with Crippen molar-refractivity contribution < 1.29 is 19.4 Å². The van der Waals surface area contributed by atoms with Gasteiger partial charge in [0.15, 0.2) is 0 Å². The molecule has 1 aromatic carbocycles. The van der Waals surface area contributed by atoms with Gasteiger partial charge >= 0.3 is 5.97 Å². The van der Waals surface area contributed by atoms with Crippen LogP contribution in [0.3, 0.4) is 0 Å². The average Bonchev–Trinajstić information content (AvgIpc) is 3.22. The molecular formula is C15H18BrNO4. The highest BCUT2D eigenvalue weighted by atomic mass is 79.9. The fourth-order valence-corrected chi connectivity index (χ4v) is 2.23. The van der Waals surface area contributed by atoms with Crippen molar-refractivity contribution in [3.8, 4) is 0 Å². The molecule has 2 rings (SSSR count). The van der Waals surface area contributed by atoms with Gasteiger partial charge in [-0.2, -0.15) is 0 Å². The zero-order chi connectivity index (χ0) is 15.2. The molecule has 0 heterocycles. The van der Waals surface area contributed by atoms with Gasteiger partial charge in [-0.3, -0.25) is 9.59 Å². The first-order chi connectivity index (χ1) is 10.0. The highest BCUT2D eigenvalue weighted by Gasteiger charge is 2.22. The normalized spacial score (nSPS) is 15.5. The van der Waals surface area contributed by atoms with Crippen molar-refractivity contribution in [1.82, 2.24) is 5.32 Å². The summed E-state index contributed by atoms with van der Waals surface area (Å²) < 4.78 is 6.22. The van der Waals surface area contributed by atoms with Crippen molar-refractivity contribution in [2.75, 3.05) is 13.2 Å². The van der Waals surface area contributed by atoms with Crippen LogP contribution in [0.4, 0.5) is 0 Å². The molecule has 1 fully saturated rings. The molecule has 1 atom stereocenters. The summed E-state index contributed by atoms with van der Waals surface area (Å²) in [5, 5.41) is 11.7. The van der Waals surface area contributed by atoms with Gasteiger partial charge in [0.1, 0.15) is 6.61 Å². The molecule has 21 heavy (non-hydrogen) atoms. The molecule has 0 bridgehead atoms. The molecule has 1 aromatic rings. The van der Waals surface area contributed by atoms with E-state index in [4.69, 9.17) is 9.84 Å². The standard InChI is InChI=1S/C15H18BrNO4/c16-12-5-3-11(4-6-12)13(7-15(19)20)17-14(18)9-21-8-10-1-2-10/h3-6,10,13H,1-2,7-9H2,(H,17,18)(H,19,20). The number of carboxylic acid groups (broad SMARTS) is 1. The molecule has 1 aliphatic carbocycles. The molecule has 2 N–H and O–H groups in total. The quantitative estimate of drug-likeness (QED) is 0.751. The number of carboxylic acids is 1. The Morgan fingerprint density at radius 1 is 1.33 bits per heavy atom. The lowest BCUT2D eigenvalue weighted by Crippen LogP contribution is -2.33. The minimum absolute atomic E-state index is 0.0247. The molecule has 1 amide bonds. The molecule has 0 radical (unpaired) electrons. The Kier molecular flexibility index (Phi) is 5.76. The van der Waals surface area contributed by atoms with Crippen molar-refractivity contribution in [2.24, 2.45) is 5.92 Å². The Morgan fingerprint density at radius 2 is 2.00 bits per heavy atom. The van der Waals surface area contributed by atoms with E-state index >= 15 is 0 Å². The van der Waals surface area contributed by atoms with Gasteiger partial charge in [0.2, 0.25) is 5.91 Å². The first-order valence-electron chi connectivity index (χ1n) is 6.89. The van der Waals surface area contributed by atoms with E-state index in [9.17, 15) is 9.59 Å². The summed E-state index contributed by atoms with van der Waals surface area (Å²) >= 11 is 3.33. The number of carbonyl (C=O) groups is 2. The summed E-state index contributed by atoms with van der Waals surface area (Å²) in [7, 11) is 0. The summed E-state index contributed by atoms with van der Waals surface area (Å²) in [6, 6.07) is 6.68. The van der Waals surface area contributed by atoms with Gasteiger partial charge in [0.05, 0.1) is 19.1 Å². The fourth-order valence-electron chi connectivity index (χ4n) is 1.96. The number of hydrogen-bond acceptors (Lipinski definition) is 3. The second kappa shape index (κ2) is 7.56. The Bertz CT molecular complexity index is 499. The monoisotopic (exact) mass is 355 g/mol. The molecule has 1 aliphatic rings. The molecule has 0 spiro atoms. The van der Waals surface area contributed by atoms with E-state index in [0.29, 0.717) is 12.5 Å². The molecule has 114 valence electrons. The molecule has 6 heteroatoms. The van der Waals surface area contributed by atoms with Crippen LogP contribution < -0.4 is 5.32 Å². The molecule has 0 aliphatic heterocycles. The van der Waals surface area contributed by atoms with Crippen LogP contribution in [0.2, 0.25) is 0 Å². The third-order valence-electron chi connectivity index (χ3n) is 3.27. The number of benzene rings is 1. The van der Waals surface area contributed by atoms with Crippen LogP contribution in [0.1, 0.15) is 30.9 Å². The molecular weight excluding hydrogens is 338 g/mol. The zero-order valence-corrected chi connectivity index (χ0v) is 13.1. The Morgan fingerprint density at radius 3 is 2.57 bits per heavy atom. The number of rotatable bonds is 8. The predicted octanol–water partition coefficient (Wildman–Crippen LogP) is 2.51. The Hall–Kier alpha value is -1.40. The summed E-state index contributed by atoms with van der Waals surface area (Å²) in [6.07, 6.45) is 2.18. The van der Waals surface area contributed by atoms with E-state index in [-0.39, 0.29) is 18.9 Å². The maximum absolute atomic E-state index is 11.8. The second-order valence-corrected chi connectivity index (χ2v) is 6.14. The van der Waals surface area contributed by atoms with Gasteiger partial charge < -0.3 is 15.2 Å². The van der Waals surface area contributed by atoms with E-state index in [1.165, 1.54) is 12.8 Å². The first kappa shape index (κ1) is 16.0. The average molecular weight is 356 g/mol. The maximum Gasteiger partial charge on any atom is 0.305 e. The zero-order valence-electron chi connectivity index (χ0n) is 11.5. The van der Waals surface area contributed by atoms with Crippen molar-refractivity contribution in [3.63, 3.8) is 0 Å². The van der Waals surface area contributed by atoms with Crippen molar-refractivity contribution in [2.45, 2.75) is 25.3 Å². The van der Waals surface area contributed by atoms with Crippen molar-refractivity contribution in [3.05, 3.63) is 34.3 Å². The number of carbonyl (C=O) groups excluding carboxylic acids is 1. The lowest BCUT2D eigenvalue weighted by atomic mass is 10.0. The lowest BCUT2D eigenvalue weighted by molar-refractivity contribution is -0.138. The fraction of sp³-hybridized carbons (Fsp3) is 0.467. The number of nitrogens with one attached hydrogen (secondary N) is 1. The molecule has 1 unspecified atom stereocenters. The third kappa shape index (κ3) is 5.85. The van der Waals surface area contributed by atoms with Crippen molar-refractivity contribution in [1.29, 1.82) is 0 Å². The summed E-state index contributed by atoms with van der Waals surface area (Å²) in [5.41, 5.74) is 0.760. The number of hydrogen-bond donors (Lipinski definition) is 2. The SMILES string of the molecule is O=C(O)CC(NC(=O)COCC1CC1)c1ccc(Br)cc1. The summed E-state index contributed by atoms with van der Waals surface area (Å²) in [6.45, 7) is 0.582. The van der Waals surface area contributed by atoms with E-state index in [1.807, 2.05) is 12.1 Å². The highest BCUT2D eigenvalue weighted by Crippen LogP contribution is 2.28. The van der Waals surface area contributed by atoms with E-state index in [0.717, 1.165) is 10.0 Å². The van der Waals surface area contributed by atoms with Gasteiger partial charge in [-0.1, -0.05) is 28.1 Å². The topological polar surface area (TPSA) is 75.6 Å². The summed E-state index contributed by atoms with van der Waals surface area (Å²) in [4.78, 5) is 22.8. The van der Waals surface area contributed by atoms with Gasteiger partial charge in [-0.05, 0) is 36.5 Å². The number of amides is 1. The smallest absolute Gasteiger partial charge is 0.305 e. The van der Waals surface area contributed by atoms with E-state index in [1.54, 1.807) is 12.1 Å². The molecule has 0 saturated heterocycles. The summed E-state index contributed by atoms with van der Waals surface area (Å²) in [5.74, 6) is -0.647. The van der Waals surface area contributed by atoms with E-state index in [2.05, 4.69) is 21.2 Å². The van der Waals surface area contributed by atoms with Crippen LogP contribution in [0, 0.1) is 5.92 Å².